The fourth-order valence-electron chi connectivity index (χ4n) is 1.87. The Kier molecular flexibility index (Phi) is 2.96. The van der Waals surface area contributed by atoms with Gasteiger partial charge in [-0.05, 0) is 19.3 Å². The van der Waals surface area contributed by atoms with Gasteiger partial charge in [0.25, 0.3) is 0 Å². The zero-order valence-corrected chi connectivity index (χ0v) is 8.54. The van der Waals surface area contributed by atoms with E-state index in [4.69, 9.17) is 4.74 Å². The van der Waals surface area contributed by atoms with Gasteiger partial charge in [0.1, 0.15) is 6.10 Å². The Balaban J connectivity index is 2.66. The molecule has 0 aliphatic heterocycles. The van der Waals surface area contributed by atoms with E-state index in [1.54, 1.807) is 0 Å². The number of rotatable bonds is 1. The van der Waals surface area contributed by atoms with Gasteiger partial charge >= 0.3 is 5.97 Å². The maximum absolute atomic E-state index is 10.8. The van der Waals surface area contributed by atoms with Crippen molar-refractivity contribution in [2.75, 3.05) is 0 Å². The van der Waals surface area contributed by atoms with Crippen LogP contribution in [0, 0.1) is 5.41 Å². The van der Waals surface area contributed by atoms with Crippen LogP contribution in [-0.2, 0) is 9.53 Å². The average molecular weight is 186 g/mol. The fourth-order valence-corrected chi connectivity index (χ4v) is 1.87. The van der Waals surface area contributed by atoms with E-state index < -0.39 is 0 Å². The van der Waals surface area contributed by atoms with Crippen LogP contribution in [0.3, 0.4) is 0 Å². The molecule has 2 atom stereocenters. The van der Waals surface area contributed by atoms with E-state index in [0.717, 1.165) is 19.3 Å². The van der Waals surface area contributed by atoms with Crippen LogP contribution in [0.4, 0.5) is 0 Å². The molecule has 1 N–H and O–H groups in total. The third-order valence-electron chi connectivity index (χ3n) is 2.94. The van der Waals surface area contributed by atoms with E-state index in [1.807, 2.05) is 13.8 Å². The summed E-state index contributed by atoms with van der Waals surface area (Å²) in [7, 11) is 0. The molecular weight excluding hydrogens is 168 g/mol. The van der Waals surface area contributed by atoms with Gasteiger partial charge in [-0.1, -0.05) is 13.8 Å². The summed E-state index contributed by atoms with van der Waals surface area (Å²) in [6.07, 6.45) is 2.12. The Bertz CT molecular complexity index is 198. The first kappa shape index (κ1) is 10.5. The van der Waals surface area contributed by atoms with Crippen molar-refractivity contribution in [3.63, 3.8) is 0 Å². The molecule has 0 radical (unpaired) electrons. The van der Waals surface area contributed by atoms with Crippen LogP contribution in [-0.4, -0.2) is 23.3 Å². The summed E-state index contributed by atoms with van der Waals surface area (Å²) in [4.78, 5) is 10.8. The molecule has 0 spiro atoms. The van der Waals surface area contributed by atoms with Crippen LogP contribution in [0.1, 0.15) is 40.0 Å². The van der Waals surface area contributed by atoms with Crippen molar-refractivity contribution in [1.82, 2.24) is 0 Å². The number of carbonyl (C=O) groups excluding carboxylic acids is 1. The summed E-state index contributed by atoms with van der Waals surface area (Å²) in [6, 6.07) is 0. The predicted octanol–water partition coefficient (Wildman–Crippen LogP) is 1.49. The summed E-state index contributed by atoms with van der Waals surface area (Å²) in [5.74, 6) is -0.257. The molecule has 1 rings (SSSR count). The Hall–Kier alpha value is -0.570. The van der Waals surface area contributed by atoms with Crippen molar-refractivity contribution in [2.24, 2.45) is 5.41 Å². The maximum atomic E-state index is 10.8. The lowest BCUT2D eigenvalue weighted by Crippen LogP contribution is -2.45. The van der Waals surface area contributed by atoms with E-state index in [2.05, 4.69) is 0 Å². The molecular formula is C10H18O3. The Morgan fingerprint density at radius 1 is 1.46 bits per heavy atom. The smallest absolute Gasteiger partial charge is 0.302 e. The predicted molar refractivity (Wildman–Crippen MR) is 49.2 cm³/mol. The zero-order chi connectivity index (χ0) is 10.1. The first-order chi connectivity index (χ1) is 5.94. The highest BCUT2D eigenvalue weighted by Gasteiger charge is 2.41. The monoisotopic (exact) mass is 186 g/mol. The Labute approximate surface area is 79.1 Å². The van der Waals surface area contributed by atoms with E-state index >= 15 is 0 Å². The minimum Gasteiger partial charge on any atom is -0.462 e. The van der Waals surface area contributed by atoms with Crippen LogP contribution >= 0.6 is 0 Å². The SMILES string of the molecule is CC(=O)O[C@H]1CCC[C@@H](O)C1(C)C. The molecule has 1 saturated carbocycles. The average Bonchev–Trinajstić information content (AvgIpc) is 1.99. The Morgan fingerprint density at radius 2 is 2.08 bits per heavy atom. The summed E-state index contributed by atoms with van der Waals surface area (Å²) in [5.41, 5.74) is -0.302. The largest absolute Gasteiger partial charge is 0.462 e. The Morgan fingerprint density at radius 3 is 2.62 bits per heavy atom. The van der Waals surface area contributed by atoms with E-state index in [0.29, 0.717) is 0 Å². The quantitative estimate of drug-likeness (QED) is 0.631. The number of carbonyl (C=O) groups is 1. The molecule has 0 aromatic carbocycles. The minimum atomic E-state index is -0.356. The van der Waals surface area contributed by atoms with Crippen LogP contribution in [0.5, 0.6) is 0 Å². The normalized spacial score (nSPS) is 32.6. The first-order valence-electron chi connectivity index (χ1n) is 4.80. The second-order valence-corrected chi connectivity index (χ2v) is 4.37. The lowest BCUT2D eigenvalue weighted by molar-refractivity contribution is -0.163. The molecule has 13 heavy (non-hydrogen) atoms. The third-order valence-corrected chi connectivity index (χ3v) is 2.94. The zero-order valence-electron chi connectivity index (χ0n) is 8.54. The number of aliphatic hydroxyl groups is 1. The van der Waals surface area contributed by atoms with Crippen LogP contribution in [0.25, 0.3) is 0 Å². The lowest BCUT2D eigenvalue weighted by Gasteiger charge is -2.41. The van der Waals surface area contributed by atoms with E-state index in [9.17, 15) is 9.90 Å². The van der Waals surface area contributed by atoms with Crippen molar-refractivity contribution in [3.05, 3.63) is 0 Å². The van der Waals surface area contributed by atoms with Gasteiger partial charge in [0.05, 0.1) is 6.10 Å². The standard InChI is InChI=1S/C10H18O3/c1-7(11)13-9-6-4-5-8(12)10(9,2)3/h8-9,12H,4-6H2,1-3H3/t8-,9+/m1/s1. The highest BCUT2D eigenvalue weighted by atomic mass is 16.5. The summed E-state index contributed by atoms with van der Waals surface area (Å²) in [6.45, 7) is 5.31. The number of ether oxygens (including phenoxy) is 1. The van der Waals surface area contributed by atoms with Gasteiger partial charge in [-0.2, -0.15) is 0 Å². The molecule has 1 aliphatic rings. The van der Waals surface area contributed by atoms with E-state index in [1.165, 1.54) is 6.92 Å². The molecule has 0 amide bonds. The molecule has 76 valence electrons. The van der Waals surface area contributed by atoms with Crippen molar-refractivity contribution >= 4 is 5.97 Å². The molecule has 1 fully saturated rings. The maximum Gasteiger partial charge on any atom is 0.302 e. The summed E-state index contributed by atoms with van der Waals surface area (Å²) >= 11 is 0. The second-order valence-electron chi connectivity index (χ2n) is 4.37. The number of aliphatic hydroxyl groups excluding tert-OH is 1. The molecule has 0 aromatic rings. The molecule has 0 heterocycles. The third kappa shape index (κ3) is 2.21. The van der Waals surface area contributed by atoms with Gasteiger partial charge in [-0.25, -0.2) is 0 Å². The molecule has 3 heteroatoms. The fraction of sp³-hybridized carbons (Fsp3) is 0.900. The molecule has 3 nitrogen and oxygen atoms in total. The van der Waals surface area contributed by atoms with Crippen LogP contribution in [0.15, 0.2) is 0 Å². The van der Waals surface area contributed by atoms with Crippen LogP contribution < -0.4 is 0 Å². The molecule has 0 unspecified atom stereocenters. The minimum absolute atomic E-state index is 0.131. The summed E-state index contributed by atoms with van der Waals surface area (Å²) in [5, 5.41) is 9.73. The number of hydrogen-bond donors (Lipinski definition) is 1. The van der Waals surface area contributed by atoms with E-state index in [-0.39, 0.29) is 23.6 Å². The molecule has 0 saturated heterocycles. The topological polar surface area (TPSA) is 46.5 Å². The van der Waals surface area contributed by atoms with Crippen molar-refractivity contribution < 1.29 is 14.6 Å². The van der Waals surface area contributed by atoms with Gasteiger partial charge in [0, 0.05) is 12.3 Å². The van der Waals surface area contributed by atoms with Gasteiger partial charge < -0.3 is 9.84 Å². The van der Waals surface area contributed by atoms with Crippen molar-refractivity contribution in [1.29, 1.82) is 0 Å². The number of esters is 1. The molecule has 0 aromatic heterocycles. The van der Waals surface area contributed by atoms with Crippen LogP contribution in [0.2, 0.25) is 0 Å². The molecule has 0 bridgehead atoms. The van der Waals surface area contributed by atoms with Gasteiger partial charge in [0.15, 0.2) is 0 Å². The highest BCUT2D eigenvalue weighted by Crippen LogP contribution is 2.37. The highest BCUT2D eigenvalue weighted by molar-refractivity contribution is 5.66. The lowest BCUT2D eigenvalue weighted by atomic mass is 9.72. The summed E-state index contributed by atoms with van der Waals surface area (Å²) < 4.78 is 5.18. The van der Waals surface area contributed by atoms with Gasteiger partial charge in [0.2, 0.25) is 0 Å². The molecule has 1 aliphatic carbocycles. The van der Waals surface area contributed by atoms with Gasteiger partial charge in [-0.15, -0.1) is 0 Å². The van der Waals surface area contributed by atoms with Crippen molar-refractivity contribution in [2.45, 2.75) is 52.2 Å². The number of hydrogen-bond acceptors (Lipinski definition) is 3. The second kappa shape index (κ2) is 3.66. The van der Waals surface area contributed by atoms with Gasteiger partial charge in [-0.3, -0.25) is 4.79 Å². The first-order valence-corrected chi connectivity index (χ1v) is 4.80. The van der Waals surface area contributed by atoms with Crippen molar-refractivity contribution in [3.8, 4) is 0 Å².